The first-order valence-corrected chi connectivity index (χ1v) is 12.1. The van der Waals surface area contributed by atoms with Gasteiger partial charge in [-0.05, 0) is 13.5 Å². The number of likely N-dealkylation sites (N-methyl/N-ethyl adjacent to an activating group) is 1. The average molecular weight is 436 g/mol. The molecule has 0 aromatic heterocycles. The van der Waals surface area contributed by atoms with Gasteiger partial charge in [-0.2, -0.15) is 0 Å². The van der Waals surface area contributed by atoms with Crippen molar-refractivity contribution in [3.63, 3.8) is 0 Å². The second kappa shape index (κ2) is 25.7. The number of carbonyl (C=O) groups is 1. The van der Waals surface area contributed by atoms with Gasteiger partial charge in [0.25, 0.3) is 0 Å². The number of esters is 1. The van der Waals surface area contributed by atoms with Crippen molar-refractivity contribution >= 4 is 18.4 Å². The van der Waals surface area contributed by atoms with Gasteiger partial charge in [0.05, 0.1) is 6.61 Å². The second-order valence-electron chi connectivity index (χ2n) is 8.17. The summed E-state index contributed by atoms with van der Waals surface area (Å²) >= 11 is 0. The van der Waals surface area contributed by atoms with Gasteiger partial charge in [-0.1, -0.05) is 103 Å². The predicted molar refractivity (Wildman–Crippen MR) is 127 cm³/mol. The molecule has 0 aliphatic rings. The van der Waals surface area contributed by atoms with Crippen LogP contribution in [0.2, 0.25) is 0 Å². The van der Waals surface area contributed by atoms with E-state index in [-0.39, 0.29) is 24.5 Å². The van der Waals surface area contributed by atoms with E-state index in [9.17, 15) is 4.79 Å². The number of carbonyl (C=O) groups excluding carboxylic acids is 1. The van der Waals surface area contributed by atoms with Gasteiger partial charge in [0, 0.05) is 20.1 Å². The van der Waals surface area contributed by atoms with Crippen molar-refractivity contribution in [1.29, 1.82) is 0 Å². The average Bonchev–Trinajstić information content (AvgIpc) is 2.66. The monoisotopic (exact) mass is 435 g/mol. The van der Waals surface area contributed by atoms with Crippen LogP contribution in [0.4, 0.5) is 0 Å². The van der Waals surface area contributed by atoms with E-state index >= 15 is 0 Å². The Balaban J connectivity index is 0. The first kappa shape index (κ1) is 30.9. The molecular weight excluding hydrogens is 386 g/mol. The van der Waals surface area contributed by atoms with Gasteiger partial charge in [-0.15, -0.1) is 12.4 Å². The fraction of sp³-hybridized carbons (Fsp3) is 0.958. The maximum absolute atomic E-state index is 11.0. The number of hydrogen-bond acceptors (Lipinski definition) is 4. The third-order valence-corrected chi connectivity index (χ3v) is 5.21. The van der Waals surface area contributed by atoms with Crippen molar-refractivity contribution in [1.82, 2.24) is 5.32 Å². The quantitative estimate of drug-likeness (QED) is 0.149. The summed E-state index contributed by atoms with van der Waals surface area (Å²) in [6.45, 7) is 5.61. The number of nitrogens with one attached hydrogen (secondary N) is 1. The summed E-state index contributed by atoms with van der Waals surface area (Å²) < 4.78 is 10.8. The van der Waals surface area contributed by atoms with Crippen molar-refractivity contribution in [2.45, 2.75) is 123 Å². The van der Waals surface area contributed by atoms with E-state index in [4.69, 9.17) is 9.47 Å². The third-order valence-electron chi connectivity index (χ3n) is 5.21. The molecule has 4 nitrogen and oxygen atoms in total. The van der Waals surface area contributed by atoms with Crippen LogP contribution in [0, 0.1) is 0 Å². The van der Waals surface area contributed by atoms with E-state index in [1.807, 2.05) is 7.05 Å². The molecule has 1 N–H and O–H groups in total. The minimum Gasteiger partial charge on any atom is -0.459 e. The van der Waals surface area contributed by atoms with Crippen molar-refractivity contribution in [3.8, 4) is 0 Å². The summed E-state index contributed by atoms with van der Waals surface area (Å²) in [6, 6.07) is 0. The van der Waals surface area contributed by atoms with Crippen LogP contribution < -0.4 is 5.32 Å². The zero-order valence-corrected chi connectivity index (χ0v) is 20.5. The lowest BCUT2D eigenvalue weighted by Crippen LogP contribution is -2.32. The van der Waals surface area contributed by atoms with Crippen LogP contribution in [0.5, 0.6) is 0 Å². The minimum atomic E-state index is -0.244. The molecule has 0 rings (SSSR count). The first-order chi connectivity index (χ1) is 13.7. The highest BCUT2D eigenvalue weighted by atomic mass is 35.5. The van der Waals surface area contributed by atoms with E-state index in [0.717, 1.165) is 13.0 Å². The predicted octanol–water partition coefficient (Wildman–Crippen LogP) is 6.84. The van der Waals surface area contributed by atoms with Crippen molar-refractivity contribution in [2.24, 2.45) is 0 Å². The van der Waals surface area contributed by atoms with Crippen LogP contribution in [0.15, 0.2) is 0 Å². The Labute approximate surface area is 187 Å². The molecule has 0 aliphatic carbocycles. The van der Waals surface area contributed by atoms with E-state index in [1.165, 1.54) is 103 Å². The van der Waals surface area contributed by atoms with Crippen LogP contribution in [-0.2, 0) is 14.3 Å². The summed E-state index contributed by atoms with van der Waals surface area (Å²) in [5.74, 6) is -0.244. The molecule has 1 unspecified atom stereocenters. The molecule has 0 amide bonds. The molecule has 29 heavy (non-hydrogen) atoms. The summed E-state index contributed by atoms with van der Waals surface area (Å²) in [6.07, 6.45) is 21.9. The van der Waals surface area contributed by atoms with Crippen LogP contribution in [-0.4, -0.2) is 38.9 Å². The molecule has 0 aliphatic heterocycles. The molecule has 0 saturated heterocycles. The summed E-state index contributed by atoms with van der Waals surface area (Å²) in [5, 5.41) is 3.02. The molecule has 0 spiro atoms. The Kier molecular flexibility index (Phi) is 27.4. The molecule has 0 aromatic rings. The first-order valence-electron chi connectivity index (χ1n) is 12.1. The number of unbranched alkanes of at least 4 members (excludes halogenated alkanes) is 15. The Morgan fingerprint density at radius 3 is 1.55 bits per heavy atom. The molecule has 1 atom stereocenters. The lowest BCUT2D eigenvalue weighted by atomic mass is 10.0. The van der Waals surface area contributed by atoms with E-state index in [0.29, 0.717) is 13.2 Å². The van der Waals surface area contributed by atoms with Crippen molar-refractivity contribution in [2.75, 3.05) is 26.8 Å². The molecule has 5 heteroatoms. The standard InChI is InChI=1S/C24H49NO3.ClH/c1-4-5-6-7-8-9-10-11-12-13-14-15-16-17-18-19-20-27-22-24(21-25-3)28-23(2)26;/h24-25H,4-22H2,1-3H3;1H. The summed E-state index contributed by atoms with van der Waals surface area (Å²) in [4.78, 5) is 11.0. The molecule has 0 aromatic carbocycles. The number of ether oxygens (including phenoxy) is 2. The van der Waals surface area contributed by atoms with Gasteiger partial charge in [0.2, 0.25) is 0 Å². The normalized spacial score (nSPS) is 11.8. The van der Waals surface area contributed by atoms with E-state index in [2.05, 4.69) is 12.2 Å². The maximum Gasteiger partial charge on any atom is 0.303 e. The molecule has 0 bridgehead atoms. The topological polar surface area (TPSA) is 47.6 Å². The lowest BCUT2D eigenvalue weighted by Gasteiger charge is -2.16. The zero-order chi connectivity index (χ0) is 20.7. The maximum atomic E-state index is 11.0. The third kappa shape index (κ3) is 25.6. The molecule has 0 fully saturated rings. The van der Waals surface area contributed by atoms with Gasteiger partial charge in [0.15, 0.2) is 0 Å². The molecule has 0 saturated carbocycles. The van der Waals surface area contributed by atoms with Crippen LogP contribution in [0.1, 0.15) is 117 Å². The van der Waals surface area contributed by atoms with Crippen LogP contribution >= 0.6 is 12.4 Å². The number of rotatable bonds is 22. The fourth-order valence-electron chi connectivity index (χ4n) is 3.56. The fourth-order valence-corrected chi connectivity index (χ4v) is 3.56. The Morgan fingerprint density at radius 2 is 1.17 bits per heavy atom. The summed E-state index contributed by atoms with van der Waals surface area (Å²) in [7, 11) is 1.85. The largest absolute Gasteiger partial charge is 0.459 e. The van der Waals surface area contributed by atoms with Crippen molar-refractivity contribution in [3.05, 3.63) is 0 Å². The smallest absolute Gasteiger partial charge is 0.303 e. The summed E-state index contributed by atoms with van der Waals surface area (Å²) in [5.41, 5.74) is 0. The highest BCUT2D eigenvalue weighted by molar-refractivity contribution is 5.85. The van der Waals surface area contributed by atoms with Gasteiger partial charge in [-0.3, -0.25) is 4.79 Å². The van der Waals surface area contributed by atoms with Gasteiger partial charge in [-0.25, -0.2) is 0 Å². The van der Waals surface area contributed by atoms with E-state index < -0.39 is 0 Å². The molecule has 0 radical (unpaired) electrons. The SMILES string of the molecule is CCCCCCCCCCCCCCCCCCOCC(CNC)OC(C)=O.Cl. The number of hydrogen-bond donors (Lipinski definition) is 1. The molecule has 0 heterocycles. The van der Waals surface area contributed by atoms with Gasteiger partial charge >= 0.3 is 5.97 Å². The van der Waals surface area contributed by atoms with Gasteiger partial charge < -0.3 is 14.8 Å². The van der Waals surface area contributed by atoms with Gasteiger partial charge in [0.1, 0.15) is 6.10 Å². The Bertz CT molecular complexity index is 329. The Hall–Kier alpha value is -0.320. The zero-order valence-electron chi connectivity index (χ0n) is 19.6. The van der Waals surface area contributed by atoms with Crippen LogP contribution in [0.3, 0.4) is 0 Å². The van der Waals surface area contributed by atoms with Crippen molar-refractivity contribution < 1.29 is 14.3 Å². The number of halogens is 1. The second-order valence-corrected chi connectivity index (χ2v) is 8.17. The molecule has 176 valence electrons. The minimum absolute atomic E-state index is 0. The highest BCUT2D eigenvalue weighted by Crippen LogP contribution is 2.13. The van der Waals surface area contributed by atoms with E-state index in [1.54, 1.807) is 0 Å². The lowest BCUT2D eigenvalue weighted by molar-refractivity contribution is -0.149. The Morgan fingerprint density at radius 1 is 0.759 bits per heavy atom. The van der Waals surface area contributed by atoms with Crippen LogP contribution in [0.25, 0.3) is 0 Å². The molecular formula is C24H50ClNO3. The highest BCUT2D eigenvalue weighted by Gasteiger charge is 2.10.